The summed E-state index contributed by atoms with van der Waals surface area (Å²) in [5, 5.41) is 10.7. The van der Waals surface area contributed by atoms with E-state index in [9.17, 15) is 43.2 Å². The molecule has 0 aliphatic carbocycles. The van der Waals surface area contributed by atoms with Crippen LogP contribution in [0.3, 0.4) is 0 Å². The van der Waals surface area contributed by atoms with Crippen molar-refractivity contribution in [2.45, 2.75) is 465 Å². The molecule has 0 heterocycles. The third-order valence-electron chi connectivity index (χ3n) is 20.4. The van der Waals surface area contributed by atoms with E-state index in [0.29, 0.717) is 31.6 Å². The summed E-state index contributed by atoms with van der Waals surface area (Å²) >= 11 is 0. The topological polar surface area (TPSA) is 237 Å². The first-order chi connectivity index (χ1) is 50.6. The van der Waals surface area contributed by atoms with Gasteiger partial charge in [-0.2, -0.15) is 0 Å². The van der Waals surface area contributed by atoms with Crippen LogP contribution in [0, 0.1) is 23.7 Å². The predicted octanol–water partition coefficient (Wildman–Crippen LogP) is 25.9. The Hall–Kier alpha value is -1.94. The highest BCUT2D eigenvalue weighted by atomic mass is 31.2. The molecule has 0 aromatic heterocycles. The molecule has 0 amide bonds. The number of phosphoric ester groups is 2. The van der Waals surface area contributed by atoms with Crippen molar-refractivity contribution < 1.29 is 80.2 Å². The Kier molecular flexibility index (Phi) is 73.4. The molecule has 3 N–H and O–H groups in total. The molecule has 105 heavy (non-hydrogen) atoms. The summed E-state index contributed by atoms with van der Waals surface area (Å²) in [7, 11) is -9.93. The van der Waals surface area contributed by atoms with Gasteiger partial charge in [0.15, 0.2) is 12.2 Å². The Bertz CT molecular complexity index is 2040. The van der Waals surface area contributed by atoms with Gasteiger partial charge >= 0.3 is 39.5 Å². The van der Waals surface area contributed by atoms with Gasteiger partial charge in [0.2, 0.25) is 0 Å². The zero-order valence-corrected chi connectivity index (χ0v) is 71.2. The predicted molar refractivity (Wildman–Crippen MR) is 432 cm³/mol. The van der Waals surface area contributed by atoms with Crippen LogP contribution in [0.4, 0.5) is 0 Å². The molecule has 0 aromatic rings. The van der Waals surface area contributed by atoms with Crippen molar-refractivity contribution in [2.75, 3.05) is 39.6 Å². The van der Waals surface area contributed by atoms with Gasteiger partial charge < -0.3 is 33.8 Å². The molecule has 0 aliphatic rings. The van der Waals surface area contributed by atoms with Crippen molar-refractivity contribution in [1.29, 1.82) is 0 Å². The number of rotatable bonds is 83. The molecule has 19 heteroatoms. The number of hydrogen-bond acceptors (Lipinski definition) is 15. The summed E-state index contributed by atoms with van der Waals surface area (Å²) in [5.74, 6) is 1.06. The standard InChI is InChI=1S/C86H168O17P2/c1-9-79(8)65-57-49-41-33-27-21-17-18-24-30-36-44-53-61-69-86(91)103-82(73-97-84(89)67-59-51-45-37-40-48-56-64-78(6)7)75-101-105(94,95)99-71-80(87)70-98-104(92,93)100-74-81(72-96-83(88)66-58-50-42-34-28-22-16-12-14-20-26-32-39-47-55-63-77(4)5)102-85(90)68-60-52-43-35-29-23-15-11-10-13-19-25-31-38-46-54-62-76(2)3/h76-82,87H,9-75H2,1-8H3,(H,92,93)(H,94,95)/t79?,80?,81-,82-/m1/s1. The van der Waals surface area contributed by atoms with E-state index in [4.69, 9.17) is 37.0 Å². The van der Waals surface area contributed by atoms with Gasteiger partial charge in [0.25, 0.3) is 0 Å². The minimum Gasteiger partial charge on any atom is -0.462 e. The number of aliphatic hydroxyl groups excluding tert-OH is 1. The SMILES string of the molecule is CCC(C)CCCCCCCCCCCCCCCCC(=O)O[C@H](COC(=O)CCCCCCCCCC(C)C)COP(=O)(O)OCC(O)COP(=O)(O)OC[C@@H](COC(=O)CCCCCCCCCCCCCCCCCC(C)C)OC(=O)CCCCCCCCCCCCCCCCCCC(C)C. The Morgan fingerprint density at radius 3 is 0.676 bits per heavy atom. The van der Waals surface area contributed by atoms with Gasteiger partial charge in [-0.1, -0.05) is 396 Å². The van der Waals surface area contributed by atoms with Crippen LogP contribution in [-0.4, -0.2) is 96.7 Å². The van der Waals surface area contributed by atoms with Crippen molar-refractivity contribution in [3.05, 3.63) is 0 Å². The first-order valence-electron chi connectivity index (χ1n) is 44.2. The molecule has 0 spiro atoms. The van der Waals surface area contributed by atoms with E-state index >= 15 is 0 Å². The molecule has 0 fully saturated rings. The molecule has 0 bridgehead atoms. The number of unbranched alkanes of at least 4 members (excludes halogenated alkanes) is 48. The fourth-order valence-corrected chi connectivity index (χ4v) is 14.9. The Labute approximate surface area is 645 Å². The van der Waals surface area contributed by atoms with Gasteiger partial charge in [-0.05, 0) is 49.4 Å². The average molecular weight is 1540 g/mol. The van der Waals surface area contributed by atoms with Gasteiger partial charge in [0, 0.05) is 25.7 Å². The maximum Gasteiger partial charge on any atom is 0.472 e. The Morgan fingerprint density at radius 2 is 0.457 bits per heavy atom. The molecular weight excluding hydrogens is 1370 g/mol. The average Bonchev–Trinajstić information content (AvgIpc) is 1.07. The number of aliphatic hydroxyl groups is 1. The molecule has 0 rings (SSSR count). The van der Waals surface area contributed by atoms with Crippen LogP contribution in [0.5, 0.6) is 0 Å². The zero-order valence-electron chi connectivity index (χ0n) is 69.4. The summed E-state index contributed by atoms with van der Waals surface area (Å²) < 4.78 is 68.9. The van der Waals surface area contributed by atoms with Gasteiger partial charge in [-0.25, -0.2) is 9.13 Å². The summed E-state index contributed by atoms with van der Waals surface area (Å²) in [6.07, 6.45) is 63.9. The molecule has 0 aliphatic heterocycles. The number of carbonyl (C=O) groups excluding carboxylic acids is 4. The smallest absolute Gasteiger partial charge is 0.462 e. The van der Waals surface area contributed by atoms with E-state index in [0.717, 1.165) is 114 Å². The lowest BCUT2D eigenvalue weighted by atomic mass is 9.99. The van der Waals surface area contributed by atoms with Crippen LogP contribution in [-0.2, 0) is 65.4 Å². The second kappa shape index (κ2) is 74.8. The van der Waals surface area contributed by atoms with Gasteiger partial charge in [-0.3, -0.25) is 37.3 Å². The van der Waals surface area contributed by atoms with Crippen LogP contribution in [0.15, 0.2) is 0 Å². The lowest BCUT2D eigenvalue weighted by molar-refractivity contribution is -0.161. The quantitative estimate of drug-likeness (QED) is 0.0222. The molecule has 0 radical (unpaired) electrons. The molecule has 0 saturated heterocycles. The van der Waals surface area contributed by atoms with Crippen LogP contribution >= 0.6 is 15.6 Å². The fourth-order valence-electron chi connectivity index (χ4n) is 13.3. The zero-order chi connectivity index (χ0) is 77.4. The lowest BCUT2D eigenvalue weighted by Gasteiger charge is -2.21. The molecule has 0 aromatic carbocycles. The van der Waals surface area contributed by atoms with Crippen LogP contribution < -0.4 is 0 Å². The highest BCUT2D eigenvalue weighted by molar-refractivity contribution is 7.47. The normalized spacial score (nSPS) is 14.2. The Morgan fingerprint density at radius 1 is 0.267 bits per heavy atom. The number of phosphoric acid groups is 2. The minimum absolute atomic E-state index is 0.107. The third-order valence-corrected chi connectivity index (χ3v) is 22.3. The highest BCUT2D eigenvalue weighted by Gasteiger charge is 2.31. The first kappa shape index (κ1) is 103. The van der Waals surface area contributed by atoms with Crippen LogP contribution in [0.2, 0.25) is 0 Å². The van der Waals surface area contributed by atoms with Crippen LogP contribution in [0.1, 0.15) is 447 Å². The third kappa shape index (κ3) is 78.5. The maximum absolute atomic E-state index is 13.1. The monoisotopic (exact) mass is 1540 g/mol. The number of ether oxygens (including phenoxy) is 4. The van der Waals surface area contributed by atoms with Gasteiger partial charge in [0.05, 0.1) is 26.4 Å². The largest absolute Gasteiger partial charge is 0.472 e. The lowest BCUT2D eigenvalue weighted by Crippen LogP contribution is -2.30. The Balaban J connectivity index is 5.24. The second-order valence-electron chi connectivity index (χ2n) is 32.6. The number of carbonyl (C=O) groups is 4. The maximum atomic E-state index is 13.1. The van der Waals surface area contributed by atoms with Gasteiger partial charge in [0.1, 0.15) is 19.3 Å². The van der Waals surface area contributed by atoms with E-state index in [-0.39, 0.29) is 25.7 Å². The van der Waals surface area contributed by atoms with Crippen molar-refractivity contribution in [3.63, 3.8) is 0 Å². The molecular formula is C86H168O17P2. The van der Waals surface area contributed by atoms with E-state index in [1.807, 2.05) is 0 Å². The van der Waals surface area contributed by atoms with Crippen molar-refractivity contribution >= 4 is 39.5 Å². The summed E-state index contributed by atoms with van der Waals surface area (Å²) in [6, 6.07) is 0. The van der Waals surface area contributed by atoms with Crippen molar-refractivity contribution in [1.82, 2.24) is 0 Å². The van der Waals surface area contributed by atoms with E-state index < -0.39 is 97.5 Å². The van der Waals surface area contributed by atoms with E-state index in [1.165, 1.54) is 244 Å². The number of esters is 4. The first-order valence-corrected chi connectivity index (χ1v) is 47.2. The fraction of sp³-hybridized carbons (Fsp3) is 0.953. The van der Waals surface area contributed by atoms with Crippen LogP contribution in [0.25, 0.3) is 0 Å². The van der Waals surface area contributed by atoms with E-state index in [2.05, 4.69) is 55.4 Å². The molecule has 0 saturated carbocycles. The second-order valence-corrected chi connectivity index (χ2v) is 35.5. The number of hydrogen-bond donors (Lipinski definition) is 3. The summed E-state index contributed by atoms with van der Waals surface area (Å²) in [5.41, 5.74) is 0. The minimum atomic E-state index is -4.97. The summed E-state index contributed by atoms with van der Waals surface area (Å²) in [4.78, 5) is 73.2. The van der Waals surface area contributed by atoms with Gasteiger partial charge in [-0.15, -0.1) is 0 Å². The summed E-state index contributed by atoms with van der Waals surface area (Å²) in [6.45, 7) is 14.3. The highest BCUT2D eigenvalue weighted by Crippen LogP contribution is 2.45. The molecule has 624 valence electrons. The van der Waals surface area contributed by atoms with Crippen molar-refractivity contribution in [2.24, 2.45) is 23.7 Å². The van der Waals surface area contributed by atoms with Crippen molar-refractivity contribution in [3.8, 4) is 0 Å². The molecule has 4 unspecified atom stereocenters. The molecule has 17 nitrogen and oxygen atoms in total. The molecule has 6 atom stereocenters. The van der Waals surface area contributed by atoms with E-state index in [1.54, 1.807) is 0 Å².